The maximum Gasteiger partial charge on any atom is 0.198 e. The SMILES string of the molecule is Cc1ccc(Cl)cc1NC1=NC(=S)N(CC(C)C)C12CCCCC2. The zero-order valence-corrected chi connectivity index (χ0v) is 16.3. The predicted molar refractivity (Wildman–Crippen MR) is 107 cm³/mol. The van der Waals surface area contributed by atoms with Gasteiger partial charge >= 0.3 is 0 Å². The number of benzene rings is 1. The molecule has 0 aromatic heterocycles. The molecule has 1 spiro atoms. The molecular formula is C19H26ClN3S. The summed E-state index contributed by atoms with van der Waals surface area (Å²) in [4.78, 5) is 7.16. The van der Waals surface area contributed by atoms with Gasteiger partial charge in [0.15, 0.2) is 5.11 Å². The molecule has 0 atom stereocenters. The number of nitrogens with one attached hydrogen (secondary N) is 1. The largest absolute Gasteiger partial charge is 0.341 e. The van der Waals surface area contributed by atoms with Gasteiger partial charge in [-0.2, -0.15) is 0 Å². The van der Waals surface area contributed by atoms with E-state index >= 15 is 0 Å². The van der Waals surface area contributed by atoms with Gasteiger partial charge in [-0.25, -0.2) is 4.99 Å². The molecule has 2 aliphatic rings. The molecule has 1 aliphatic heterocycles. The first kappa shape index (κ1) is 17.7. The van der Waals surface area contributed by atoms with Crippen LogP contribution >= 0.6 is 23.8 Å². The van der Waals surface area contributed by atoms with Crippen LogP contribution in [0.2, 0.25) is 5.02 Å². The van der Waals surface area contributed by atoms with Crippen LogP contribution in [0.4, 0.5) is 5.69 Å². The Morgan fingerprint density at radius 3 is 2.67 bits per heavy atom. The van der Waals surface area contributed by atoms with Crippen LogP contribution in [0.15, 0.2) is 23.2 Å². The lowest BCUT2D eigenvalue weighted by atomic mass is 9.79. The second-order valence-corrected chi connectivity index (χ2v) is 8.23. The van der Waals surface area contributed by atoms with E-state index < -0.39 is 0 Å². The Morgan fingerprint density at radius 2 is 2.00 bits per heavy atom. The summed E-state index contributed by atoms with van der Waals surface area (Å²) in [5.74, 6) is 1.57. The summed E-state index contributed by atoms with van der Waals surface area (Å²) in [5, 5.41) is 5.05. The van der Waals surface area contributed by atoms with Gasteiger partial charge in [0.2, 0.25) is 0 Å². The molecule has 1 aromatic rings. The monoisotopic (exact) mass is 363 g/mol. The number of nitrogens with zero attached hydrogens (tertiary/aromatic N) is 2. The van der Waals surface area contributed by atoms with Crippen molar-refractivity contribution < 1.29 is 0 Å². The van der Waals surface area contributed by atoms with Crippen molar-refractivity contribution >= 4 is 40.5 Å². The van der Waals surface area contributed by atoms with Gasteiger partial charge in [-0.3, -0.25) is 0 Å². The molecule has 24 heavy (non-hydrogen) atoms. The van der Waals surface area contributed by atoms with Gasteiger partial charge in [-0.05, 0) is 55.6 Å². The van der Waals surface area contributed by atoms with Crippen LogP contribution in [0.5, 0.6) is 0 Å². The van der Waals surface area contributed by atoms with Crippen molar-refractivity contribution in [2.45, 2.75) is 58.4 Å². The first-order chi connectivity index (χ1) is 11.4. The number of aryl methyl sites for hydroxylation is 1. The predicted octanol–water partition coefficient (Wildman–Crippen LogP) is 5.42. The summed E-state index contributed by atoms with van der Waals surface area (Å²) in [6.45, 7) is 7.53. The third-order valence-electron chi connectivity index (χ3n) is 5.08. The summed E-state index contributed by atoms with van der Waals surface area (Å²) in [5.41, 5.74) is 2.13. The smallest absolute Gasteiger partial charge is 0.198 e. The highest BCUT2D eigenvalue weighted by molar-refractivity contribution is 7.80. The lowest BCUT2D eigenvalue weighted by molar-refractivity contribution is 0.182. The molecular weight excluding hydrogens is 338 g/mol. The van der Waals surface area contributed by atoms with Crippen LogP contribution < -0.4 is 5.32 Å². The maximum atomic E-state index is 6.19. The second kappa shape index (κ2) is 7.01. The average molecular weight is 364 g/mol. The van der Waals surface area contributed by atoms with Crippen molar-refractivity contribution in [2.24, 2.45) is 10.9 Å². The lowest BCUT2D eigenvalue weighted by Gasteiger charge is -2.43. The van der Waals surface area contributed by atoms with Gasteiger partial charge in [0, 0.05) is 17.3 Å². The first-order valence-electron chi connectivity index (χ1n) is 8.86. The number of hydrogen-bond donors (Lipinski definition) is 1. The minimum atomic E-state index is -0.0611. The molecule has 130 valence electrons. The zero-order valence-electron chi connectivity index (χ0n) is 14.7. The van der Waals surface area contributed by atoms with Gasteiger partial charge in [0.25, 0.3) is 0 Å². The van der Waals surface area contributed by atoms with Gasteiger partial charge in [0.1, 0.15) is 11.4 Å². The van der Waals surface area contributed by atoms with E-state index in [1.54, 1.807) is 0 Å². The molecule has 0 bridgehead atoms. The van der Waals surface area contributed by atoms with Gasteiger partial charge in [0.05, 0.1) is 0 Å². The van der Waals surface area contributed by atoms with Crippen LogP contribution in [0.25, 0.3) is 0 Å². The Kier molecular flexibility index (Phi) is 5.16. The lowest BCUT2D eigenvalue weighted by Crippen LogP contribution is -2.55. The number of hydrogen-bond acceptors (Lipinski definition) is 2. The van der Waals surface area contributed by atoms with E-state index in [2.05, 4.69) is 31.0 Å². The summed E-state index contributed by atoms with van der Waals surface area (Å²) >= 11 is 11.8. The quantitative estimate of drug-likeness (QED) is 0.727. The molecule has 1 saturated carbocycles. The zero-order chi connectivity index (χ0) is 17.3. The van der Waals surface area contributed by atoms with Gasteiger partial charge in [-0.1, -0.05) is 50.8 Å². The van der Waals surface area contributed by atoms with E-state index in [1.807, 2.05) is 18.2 Å². The van der Waals surface area contributed by atoms with E-state index in [1.165, 1.54) is 24.8 Å². The molecule has 5 heteroatoms. The second-order valence-electron chi connectivity index (χ2n) is 7.42. The molecule has 1 N–H and O–H groups in total. The number of thiocarbonyl (C=S) groups is 1. The Bertz CT molecular complexity index is 663. The van der Waals surface area contributed by atoms with E-state index in [9.17, 15) is 0 Å². The highest BCUT2D eigenvalue weighted by atomic mass is 35.5. The van der Waals surface area contributed by atoms with Crippen molar-refractivity contribution in [3.05, 3.63) is 28.8 Å². The summed E-state index contributed by atoms with van der Waals surface area (Å²) < 4.78 is 0. The number of rotatable bonds is 3. The Labute approximate surface area is 155 Å². The molecule has 3 nitrogen and oxygen atoms in total. The fraction of sp³-hybridized carbons (Fsp3) is 0.579. The van der Waals surface area contributed by atoms with Gasteiger partial charge < -0.3 is 10.2 Å². The molecule has 0 saturated heterocycles. The van der Waals surface area contributed by atoms with Crippen LogP contribution in [-0.2, 0) is 0 Å². The van der Waals surface area contributed by atoms with E-state index in [-0.39, 0.29) is 5.54 Å². The average Bonchev–Trinajstić information content (AvgIpc) is 2.77. The highest BCUT2D eigenvalue weighted by Gasteiger charge is 2.48. The number of anilines is 1. The van der Waals surface area contributed by atoms with Crippen molar-refractivity contribution in [3.8, 4) is 0 Å². The van der Waals surface area contributed by atoms with E-state index in [0.717, 1.165) is 41.0 Å². The topological polar surface area (TPSA) is 27.6 Å². The molecule has 1 heterocycles. The normalized spacial score (nSPS) is 20.0. The maximum absolute atomic E-state index is 6.19. The first-order valence-corrected chi connectivity index (χ1v) is 9.65. The Hall–Kier alpha value is -1.13. The fourth-order valence-electron chi connectivity index (χ4n) is 3.83. The molecule has 3 rings (SSSR count). The van der Waals surface area contributed by atoms with E-state index in [0.29, 0.717) is 5.92 Å². The number of aliphatic imine (C=N–C) groups is 1. The van der Waals surface area contributed by atoms with Crippen molar-refractivity contribution in [2.75, 3.05) is 11.9 Å². The standard InChI is InChI=1S/C19H26ClN3S/c1-13(2)12-23-18(24)22-17(19(23)9-5-4-6-10-19)21-16-11-15(20)8-7-14(16)3/h7-8,11,13H,4-6,9-10,12H2,1-3H3,(H,21,22,24). The van der Waals surface area contributed by atoms with Gasteiger partial charge in [-0.15, -0.1) is 0 Å². The minimum Gasteiger partial charge on any atom is -0.341 e. The fourth-order valence-corrected chi connectivity index (χ4v) is 4.35. The summed E-state index contributed by atoms with van der Waals surface area (Å²) in [6, 6.07) is 5.94. The highest BCUT2D eigenvalue weighted by Crippen LogP contribution is 2.40. The van der Waals surface area contributed by atoms with Crippen molar-refractivity contribution in [1.82, 2.24) is 4.90 Å². The van der Waals surface area contributed by atoms with Crippen LogP contribution in [0.1, 0.15) is 51.5 Å². The number of halogens is 1. The van der Waals surface area contributed by atoms with Crippen LogP contribution in [0.3, 0.4) is 0 Å². The molecule has 1 aliphatic carbocycles. The summed E-state index contributed by atoms with van der Waals surface area (Å²) in [6.07, 6.45) is 5.99. The van der Waals surface area contributed by atoms with Crippen molar-refractivity contribution in [3.63, 3.8) is 0 Å². The molecule has 0 radical (unpaired) electrons. The van der Waals surface area contributed by atoms with Crippen LogP contribution in [-0.4, -0.2) is 27.9 Å². The molecule has 0 amide bonds. The Balaban J connectivity index is 1.94. The summed E-state index contributed by atoms with van der Waals surface area (Å²) in [7, 11) is 0. The number of amidine groups is 1. The molecule has 0 unspecified atom stereocenters. The van der Waals surface area contributed by atoms with E-state index in [4.69, 9.17) is 28.8 Å². The Morgan fingerprint density at radius 1 is 1.29 bits per heavy atom. The minimum absolute atomic E-state index is 0.0611. The third kappa shape index (κ3) is 3.31. The van der Waals surface area contributed by atoms with Crippen molar-refractivity contribution in [1.29, 1.82) is 0 Å². The van der Waals surface area contributed by atoms with Crippen LogP contribution in [0, 0.1) is 12.8 Å². The molecule has 1 aromatic carbocycles. The third-order valence-corrected chi connectivity index (χ3v) is 5.62. The molecule has 1 fully saturated rings.